The smallest absolute Gasteiger partial charge is 0.421 e. The largest absolute Gasteiger partial charge is 0.474 e. The predicted octanol–water partition coefficient (Wildman–Crippen LogP) is 2.73. The minimum Gasteiger partial charge on any atom is -0.474 e. The van der Waals surface area contributed by atoms with Gasteiger partial charge in [-0.15, -0.1) is 5.10 Å². The van der Waals surface area contributed by atoms with Crippen LogP contribution in [0.15, 0.2) is 10.9 Å². The maximum atomic E-state index is 13.1. The van der Waals surface area contributed by atoms with Crippen molar-refractivity contribution in [1.82, 2.24) is 19.3 Å². The summed E-state index contributed by atoms with van der Waals surface area (Å²) in [6.45, 7) is 4.70. The Bertz CT molecular complexity index is 796. The second-order valence-electron chi connectivity index (χ2n) is 5.11. The van der Waals surface area contributed by atoms with Crippen LogP contribution in [0, 0.1) is 6.92 Å². The van der Waals surface area contributed by atoms with Gasteiger partial charge >= 0.3 is 11.9 Å². The number of alkyl halides is 3. The lowest BCUT2D eigenvalue weighted by Crippen LogP contribution is -2.24. The van der Waals surface area contributed by atoms with Gasteiger partial charge in [-0.3, -0.25) is 4.57 Å². The SMILES string of the molecule is Cc1nn(-c2nc(OC(C)C)c(C(F)(F)F)cc2Cl)c(=O)n1C. The van der Waals surface area contributed by atoms with Gasteiger partial charge in [-0.25, -0.2) is 4.79 Å². The third-order valence-electron chi connectivity index (χ3n) is 2.97. The third-order valence-corrected chi connectivity index (χ3v) is 3.25. The Balaban J connectivity index is 2.71. The molecule has 0 fully saturated rings. The van der Waals surface area contributed by atoms with Crippen LogP contribution in [-0.4, -0.2) is 25.4 Å². The molecular weight excluding hydrogens is 337 g/mol. The zero-order valence-electron chi connectivity index (χ0n) is 12.8. The topological polar surface area (TPSA) is 61.9 Å². The highest BCUT2D eigenvalue weighted by Crippen LogP contribution is 2.38. The number of rotatable bonds is 3. The second-order valence-corrected chi connectivity index (χ2v) is 5.52. The molecule has 0 unspecified atom stereocenters. The summed E-state index contributed by atoms with van der Waals surface area (Å²) < 4.78 is 46.5. The lowest BCUT2D eigenvalue weighted by atomic mass is 10.2. The Kier molecular flexibility index (Phi) is 4.43. The molecule has 0 saturated heterocycles. The monoisotopic (exact) mass is 350 g/mol. The van der Waals surface area contributed by atoms with Gasteiger partial charge in [0.2, 0.25) is 5.88 Å². The normalized spacial score (nSPS) is 12.0. The van der Waals surface area contributed by atoms with E-state index < -0.39 is 29.4 Å². The van der Waals surface area contributed by atoms with Crippen LogP contribution in [0.4, 0.5) is 13.2 Å². The van der Waals surface area contributed by atoms with Crippen LogP contribution in [0.5, 0.6) is 5.88 Å². The fraction of sp³-hybridized carbons (Fsp3) is 0.462. The summed E-state index contributed by atoms with van der Waals surface area (Å²) in [4.78, 5) is 15.8. The molecule has 0 radical (unpaired) electrons. The van der Waals surface area contributed by atoms with Gasteiger partial charge in [0.1, 0.15) is 11.4 Å². The number of hydrogen-bond donors (Lipinski definition) is 0. The first-order chi connectivity index (χ1) is 10.5. The highest BCUT2D eigenvalue weighted by atomic mass is 35.5. The third kappa shape index (κ3) is 3.34. The minimum absolute atomic E-state index is 0.219. The van der Waals surface area contributed by atoms with E-state index in [4.69, 9.17) is 16.3 Å². The fourth-order valence-electron chi connectivity index (χ4n) is 1.80. The molecule has 0 atom stereocenters. The van der Waals surface area contributed by atoms with Gasteiger partial charge in [0.15, 0.2) is 5.82 Å². The first-order valence-electron chi connectivity index (χ1n) is 6.59. The van der Waals surface area contributed by atoms with Gasteiger partial charge < -0.3 is 4.74 Å². The summed E-state index contributed by atoms with van der Waals surface area (Å²) in [6.07, 6.45) is -5.23. The second kappa shape index (κ2) is 5.88. The van der Waals surface area contributed by atoms with Crippen molar-refractivity contribution in [2.45, 2.75) is 33.1 Å². The Morgan fingerprint density at radius 1 is 1.35 bits per heavy atom. The first kappa shape index (κ1) is 17.3. The van der Waals surface area contributed by atoms with Crippen LogP contribution in [0.3, 0.4) is 0 Å². The number of aryl methyl sites for hydroxylation is 1. The molecule has 0 aliphatic carbocycles. The van der Waals surface area contributed by atoms with Crippen LogP contribution in [0.25, 0.3) is 5.82 Å². The lowest BCUT2D eigenvalue weighted by Gasteiger charge is -2.16. The van der Waals surface area contributed by atoms with Gasteiger partial charge in [0.05, 0.1) is 11.1 Å². The number of aromatic nitrogens is 4. The Morgan fingerprint density at radius 2 is 1.96 bits per heavy atom. The molecule has 2 aromatic rings. The van der Waals surface area contributed by atoms with E-state index in [9.17, 15) is 18.0 Å². The van der Waals surface area contributed by atoms with Crippen molar-refractivity contribution in [3.8, 4) is 11.7 Å². The summed E-state index contributed by atoms with van der Waals surface area (Å²) in [7, 11) is 1.48. The summed E-state index contributed by atoms with van der Waals surface area (Å²) in [6, 6.07) is 0.679. The standard InChI is InChI=1S/C13H14ClF3N4O2/c1-6(2)23-11-8(13(15,16)17)5-9(14)10(18-11)21-12(22)20(4)7(3)19-21/h5-6H,1-4H3. The molecule has 0 aliphatic rings. The molecule has 2 rings (SSSR count). The highest BCUT2D eigenvalue weighted by Gasteiger charge is 2.37. The molecule has 10 heteroatoms. The molecule has 126 valence electrons. The maximum absolute atomic E-state index is 13.1. The predicted molar refractivity (Wildman–Crippen MR) is 77.1 cm³/mol. The molecule has 0 saturated carbocycles. The Morgan fingerprint density at radius 3 is 2.39 bits per heavy atom. The first-order valence-corrected chi connectivity index (χ1v) is 6.97. The number of hydrogen-bond acceptors (Lipinski definition) is 4. The van der Waals surface area contributed by atoms with Gasteiger partial charge in [-0.2, -0.15) is 22.8 Å². The molecule has 2 aromatic heterocycles. The van der Waals surface area contributed by atoms with E-state index in [1.165, 1.54) is 11.6 Å². The lowest BCUT2D eigenvalue weighted by molar-refractivity contribution is -0.139. The molecule has 0 bridgehead atoms. The zero-order chi connectivity index (χ0) is 17.5. The van der Waals surface area contributed by atoms with E-state index in [1.807, 2.05) is 0 Å². The molecule has 0 amide bonds. The molecule has 6 nitrogen and oxygen atoms in total. The van der Waals surface area contributed by atoms with E-state index >= 15 is 0 Å². The summed E-state index contributed by atoms with van der Waals surface area (Å²) in [5.41, 5.74) is -1.69. The van der Waals surface area contributed by atoms with E-state index in [1.54, 1.807) is 20.8 Å². The van der Waals surface area contributed by atoms with Crippen molar-refractivity contribution in [2.75, 3.05) is 0 Å². The van der Waals surface area contributed by atoms with Crippen molar-refractivity contribution in [3.05, 3.63) is 33.0 Å². The Labute approximate surface area is 134 Å². The summed E-state index contributed by atoms with van der Waals surface area (Å²) in [5, 5.41) is 3.58. The van der Waals surface area contributed by atoms with E-state index in [0.29, 0.717) is 11.9 Å². The molecule has 2 heterocycles. The molecular formula is C13H14ClF3N4O2. The number of ether oxygens (including phenoxy) is 1. The summed E-state index contributed by atoms with van der Waals surface area (Å²) >= 11 is 5.89. The molecule has 23 heavy (non-hydrogen) atoms. The van der Waals surface area contributed by atoms with E-state index in [2.05, 4.69) is 10.1 Å². The van der Waals surface area contributed by atoms with Crippen LogP contribution >= 0.6 is 11.6 Å². The minimum atomic E-state index is -4.69. The van der Waals surface area contributed by atoms with Gasteiger partial charge in [0, 0.05) is 7.05 Å². The number of halogens is 4. The van der Waals surface area contributed by atoms with Crippen molar-refractivity contribution in [2.24, 2.45) is 7.05 Å². The highest BCUT2D eigenvalue weighted by molar-refractivity contribution is 6.32. The van der Waals surface area contributed by atoms with Crippen molar-refractivity contribution in [3.63, 3.8) is 0 Å². The van der Waals surface area contributed by atoms with Gasteiger partial charge in [-0.1, -0.05) is 11.6 Å². The average molecular weight is 351 g/mol. The maximum Gasteiger partial charge on any atom is 0.421 e. The zero-order valence-corrected chi connectivity index (χ0v) is 13.5. The van der Waals surface area contributed by atoms with Crippen molar-refractivity contribution >= 4 is 11.6 Å². The molecule has 0 aromatic carbocycles. The van der Waals surface area contributed by atoms with Crippen LogP contribution < -0.4 is 10.4 Å². The van der Waals surface area contributed by atoms with E-state index in [0.717, 1.165) is 4.68 Å². The van der Waals surface area contributed by atoms with E-state index in [-0.39, 0.29) is 10.8 Å². The van der Waals surface area contributed by atoms with Crippen molar-refractivity contribution < 1.29 is 17.9 Å². The van der Waals surface area contributed by atoms with Gasteiger partial charge in [0.25, 0.3) is 0 Å². The quantitative estimate of drug-likeness (QED) is 0.854. The molecule has 0 aliphatic heterocycles. The van der Waals surface area contributed by atoms with Gasteiger partial charge in [-0.05, 0) is 26.8 Å². The molecule has 0 N–H and O–H groups in total. The summed E-state index contributed by atoms with van der Waals surface area (Å²) in [5.74, 6) is -0.509. The fourth-order valence-corrected chi connectivity index (χ4v) is 2.03. The Hall–Kier alpha value is -2.03. The van der Waals surface area contributed by atoms with Crippen LogP contribution in [-0.2, 0) is 13.2 Å². The number of pyridine rings is 1. The van der Waals surface area contributed by atoms with Crippen LogP contribution in [0.1, 0.15) is 25.2 Å². The van der Waals surface area contributed by atoms with Crippen LogP contribution in [0.2, 0.25) is 5.02 Å². The molecule has 0 spiro atoms. The van der Waals surface area contributed by atoms with Crippen molar-refractivity contribution in [1.29, 1.82) is 0 Å². The average Bonchev–Trinajstić information content (AvgIpc) is 2.66. The number of nitrogens with zero attached hydrogens (tertiary/aromatic N) is 4.